The summed E-state index contributed by atoms with van der Waals surface area (Å²) in [5, 5.41) is 3.52. The maximum absolute atomic E-state index is 6.44. The Balaban J connectivity index is 1.98. The van der Waals surface area contributed by atoms with Crippen LogP contribution in [0.1, 0.15) is 58.1 Å². The fourth-order valence-electron chi connectivity index (χ4n) is 2.99. The van der Waals surface area contributed by atoms with Crippen molar-refractivity contribution in [2.75, 3.05) is 6.54 Å². The van der Waals surface area contributed by atoms with E-state index >= 15 is 0 Å². The predicted octanol–water partition coefficient (Wildman–Crippen LogP) is 4.32. The molecule has 3 atom stereocenters. The Labute approximate surface area is 123 Å². The van der Waals surface area contributed by atoms with Gasteiger partial charge in [0.25, 0.3) is 0 Å². The van der Waals surface area contributed by atoms with Gasteiger partial charge in [0.15, 0.2) is 0 Å². The molecule has 0 heterocycles. The second kappa shape index (κ2) is 7.80. The minimum atomic E-state index is 0.175. The molecule has 1 aromatic carbocycles. The van der Waals surface area contributed by atoms with Crippen LogP contribution in [-0.2, 0) is 4.74 Å². The van der Waals surface area contributed by atoms with Crippen LogP contribution in [-0.4, -0.2) is 18.7 Å². The van der Waals surface area contributed by atoms with Gasteiger partial charge in [-0.05, 0) is 24.3 Å². The first-order valence-corrected chi connectivity index (χ1v) is 8.09. The Morgan fingerprint density at radius 3 is 2.60 bits per heavy atom. The topological polar surface area (TPSA) is 21.3 Å². The summed E-state index contributed by atoms with van der Waals surface area (Å²) >= 11 is 0. The molecule has 0 bridgehead atoms. The molecule has 0 aromatic heterocycles. The van der Waals surface area contributed by atoms with Gasteiger partial charge < -0.3 is 10.1 Å². The second-order valence-corrected chi connectivity index (χ2v) is 6.49. The summed E-state index contributed by atoms with van der Waals surface area (Å²) in [6.07, 6.45) is 5.71. The summed E-state index contributed by atoms with van der Waals surface area (Å²) < 4.78 is 6.44. The van der Waals surface area contributed by atoms with Gasteiger partial charge in [0.05, 0.1) is 12.2 Å². The van der Waals surface area contributed by atoms with Gasteiger partial charge >= 0.3 is 0 Å². The third kappa shape index (κ3) is 4.92. The van der Waals surface area contributed by atoms with E-state index in [1.165, 1.54) is 31.2 Å². The van der Waals surface area contributed by atoms with Gasteiger partial charge in [-0.15, -0.1) is 0 Å². The molecular weight excluding hydrogens is 246 g/mol. The normalized spacial score (nSPS) is 24.8. The van der Waals surface area contributed by atoms with Crippen LogP contribution in [0.25, 0.3) is 0 Å². The van der Waals surface area contributed by atoms with Crippen LogP contribution < -0.4 is 5.32 Å². The van der Waals surface area contributed by atoms with E-state index in [0.29, 0.717) is 12.1 Å². The molecule has 0 saturated heterocycles. The van der Waals surface area contributed by atoms with Gasteiger partial charge in [-0.1, -0.05) is 63.9 Å². The van der Waals surface area contributed by atoms with E-state index in [0.717, 1.165) is 12.5 Å². The Hall–Kier alpha value is -0.860. The fourth-order valence-corrected chi connectivity index (χ4v) is 2.99. The van der Waals surface area contributed by atoms with Crippen molar-refractivity contribution in [1.29, 1.82) is 0 Å². The van der Waals surface area contributed by atoms with Crippen molar-refractivity contribution in [3.05, 3.63) is 35.9 Å². The smallest absolute Gasteiger partial charge is 0.0953 e. The minimum absolute atomic E-state index is 0.175. The predicted molar refractivity (Wildman–Crippen MR) is 84.8 cm³/mol. The molecule has 0 radical (unpaired) electrons. The van der Waals surface area contributed by atoms with Crippen molar-refractivity contribution in [2.45, 2.75) is 64.7 Å². The van der Waals surface area contributed by atoms with E-state index in [4.69, 9.17) is 4.74 Å². The molecule has 112 valence electrons. The Bertz CT molecular complexity index is 376. The highest BCUT2D eigenvalue weighted by molar-refractivity contribution is 5.18. The van der Waals surface area contributed by atoms with Gasteiger partial charge in [-0.2, -0.15) is 0 Å². The van der Waals surface area contributed by atoms with E-state index in [1.54, 1.807) is 0 Å². The monoisotopic (exact) mass is 275 g/mol. The number of hydrogen-bond acceptors (Lipinski definition) is 2. The van der Waals surface area contributed by atoms with Crippen molar-refractivity contribution in [3.8, 4) is 0 Å². The molecule has 0 amide bonds. The maximum Gasteiger partial charge on any atom is 0.0953 e. The highest BCUT2D eigenvalue weighted by Crippen LogP contribution is 2.29. The minimum Gasteiger partial charge on any atom is -0.369 e. The maximum atomic E-state index is 6.44. The van der Waals surface area contributed by atoms with Crippen molar-refractivity contribution < 1.29 is 4.74 Å². The molecule has 0 spiro atoms. The summed E-state index contributed by atoms with van der Waals surface area (Å²) in [5.74, 6) is 0.809. The summed E-state index contributed by atoms with van der Waals surface area (Å²) in [7, 11) is 0. The number of hydrogen-bond donors (Lipinski definition) is 1. The molecule has 2 rings (SSSR count). The van der Waals surface area contributed by atoms with Crippen LogP contribution in [0.5, 0.6) is 0 Å². The van der Waals surface area contributed by atoms with Gasteiger partial charge in [-0.25, -0.2) is 0 Å². The molecule has 1 aromatic rings. The fraction of sp³-hybridized carbons (Fsp3) is 0.667. The highest BCUT2D eigenvalue weighted by atomic mass is 16.5. The Kier molecular flexibility index (Phi) is 6.06. The van der Waals surface area contributed by atoms with Crippen molar-refractivity contribution in [1.82, 2.24) is 5.32 Å². The van der Waals surface area contributed by atoms with Crippen LogP contribution >= 0.6 is 0 Å². The lowest BCUT2D eigenvalue weighted by atomic mass is 9.88. The molecule has 2 nitrogen and oxygen atoms in total. The lowest BCUT2D eigenvalue weighted by Crippen LogP contribution is -2.32. The zero-order valence-electron chi connectivity index (χ0n) is 13.1. The molecule has 1 aliphatic carbocycles. The van der Waals surface area contributed by atoms with E-state index in [9.17, 15) is 0 Å². The van der Waals surface area contributed by atoms with Crippen molar-refractivity contribution in [2.24, 2.45) is 5.92 Å². The average molecular weight is 275 g/mol. The zero-order valence-corrected chi connectivity index (χ0v) is 13.1. The Morgan fingerprint density at radius 1 is 1.20 bits per heavy atom. The van der Waals surface area contributed by atoms with Gasteiger partial charge in [-0.3, -0.25) is 0 Å². The standard InChI is InChI=1S/C18H29NO/c1-14(2)19-13-18(16-9-5-4-6-10-16)20-17-11-7-8-15(3)12-17/h4-6,9-10,14-15,17-19H,7-8,11-13H2,1-3H3. The molecule has 0 aliphatic heterocycles. The summed E-state index contributed by atoms with van der Waals surface area (Å²) in [6, 6.07) is 11.1. The van der Waals surface area contributed by atoms with E-state index in [2.05, 4.69) is 56.4 Å². The molecule has 20 heavy (non-hydrogen) atoms. The molecular formula is C18H29NO. The lowest BCUT2D eigenvalue weighted by Gasteiger charge is -2.31. The first-order chi connectivity index (χ1) is 9.65. The van der Waals surface area contributed by atoms with Crippen LogP contribution in [0.3, 0.4) is 0 Å². The van der Waals surface area contributed by atoms with E-state index < -0.39 is 0 Å². The molecule has 3 unspecified atom stereocenters. The number of rotatable bonds is 6. The Morgan fingerprint density at radius 2 is 1.95 bits per heavy atom. The van der Waals surface area contributed by atoms with Crippen LogP contribution in [0, 0.1) is 5.92 Å². The van der Waals surface area contributed by atoms with Crippen molar-refractivity contribution in [3.63, 3.8) is 0 Å². The first-order valence-electron chi connectivity index (χ1n) is 8.09. The molecule has 1 fully saturated rings. The first kappa shape index (κ1) is 15.5. The summed E-state index contributed by atoms with van der Waals surface area (Å²) in [5.41, 5.74) is 1.29. The SMILES string of the molecule is CC1CCCC(OC(CNC(C)C)c2ccccc2)C1. The second-order valence-electron chi connectivity index (χ2n) is 6.49. The van der Waals surface area contributed by atoms with Gasteiger partial charge in [0.2, 0.25) is 0 Å². The molecule has 1 saturated carbocycles. The van der Waals surface area contributed by atoms with Gasteiger partial charge in [0, 0.05) is 12.6 Å². The van der Waals surface area contributed by atoms with Crippen LogP contribution in [0.15, 0.2) is 30.3 Å². The molecule has 1 aliphatic rings. The largest absolute Gasteiger partial charge is 0.369 e. The molecule has 1 N–H and O–H groups in total. The average Bonchev–Trinajstić information content (AvgIpc) is 2.44. The number of nitrogens with one attached hydrogen (secondary N) is 1. The zero-order chi connectivity index (χ0) is 14.4. The summed E-state index contributed by atoms with van der Waals surface area (Å²) in [4.78, 5) is 0. The number of benzene rings is 1. The quantitative estimate of drug-likeness (QED) is 0.834. The molecule has 2 heteroatoms. The van der Waals surface area contributed by atoms with E-state index in [-0.39, 0.29) is 6.10 Å². The lowest BCUT2D eigenvalue weighted by molar-refractivity contribution is -0.0401. The van der Waals surface area contributed by atoms with Crippen LogP contribution in [0.2, 0.25) is 0 Å². The summed E-state index contributed by atoms with van der Waals surface area (Å²) in [6.45, 7) is 7.61. The van der Waals surface area contributed by atoms with Crippen molar-refractivity contribution >= 4 is 0 Å². The highest BCUT2D eigenvalue weighted by Gasteiger charge is 2.23. The number of ether oxygens (including phenoxy) is 1. The van der Waals surface area contributed by atoms with Crippen LogP contribution in [0.4, 0.5) is 0 Å². The van der Waals surface area contributed by atoms with Gasteiger partial charge in [0.1, 0.15) is 0 Å². The third-order valence-electron chi connectivity index (χ3n) is 4.13. The van der Waals surface area contributed by atoms with E-state index in [1.807, 2.05) is 0 Å². The third-order valence-corrected chi connectivity index (χ3v) is 4.13.